The van der Waals surface area contributed by atoms with Crippen LogP contribution in [0.5, 0.6) is 0 Å². The van der Waals surface area contributed by atoms with Crippen LogP contribution in [0.4, 0.5) is 14.4 Å². The van der Waals surface area contributed by atoms with E-state index in [1.54, 1.807) is 41.5 Å². The van der Waals surface area contributed by atoms with Gasteiger partial charge in [0.05, 0.1) is 18.3 Å². The molecule has 0 unspecified atom stereocenters. The minimum absolute atomic E-state index is 0.459. The van der Waals surface area contributed by atoms with Crippen molar-refractivity contribution in [3.63, 3.8) is 0 Å². The Balaban J connectivity index is 3.29. The fraction of sp³-hybridized carbons (Fsp3) is 0.667. The average molecular weight is 474 g/mol. The third-order valence-electron chi connectivity index (χ3n) is 3.56. The molecule has 0 fully saturated rings. The van der Waals surface area contributed by atoms with Gasteiger partial charge >= 0.3 is 35.3 Å². The minimum Gasteiger partial charge on any atom is -0.447 e. The molecule has 186 valence electrons. The van der Waals surface area contributed by atoms with Gasteiger partial charge in [0.25, 0.3) is 0 Å². The first kappa shape index (κ1) is 27.3. The van der Waals surface area contributed by atoms with Crippen molar-refractivity contribution in [2.45, 2.75) is 79.9 Å². The standard InChI is InChI=1S/C18H30N6O9/c1-10(2)31-13(25)19-7-22-16(28)23(8-20-14(26)32-11(3)4)18(30)24(17(22)29)9-21-15(27)33-12(5)6/h10-12H,7-9H2,1-6H3,(H,19,25)(H,20,26)(H,21,27). The predicted octanol–water partition coefficient (Wildman–Crippen LogP) is -0.552. The van der Waals surface area contributed by atoms with Crippen LogP contribution in [0, 0.1) is 0 Å². The summed E-state index contributed by atoms with van der Waals surface area (Å²) in [6, 6.07) is 0. The Bertz CT molecular complexity index is 863. The SMILES string of the molecule is CC(C)OC(=O)NCn1c(=O)n(CNC(=O)OC(C)C)c(=O)n(CNC(=O)OC(C)C)c1=O. The summed E-state index contributed by atoms with van der Waals surface area (Å²) in [6.07, 6.45) is -4.09. The smallest absolute Gasteiger partial charge is 0.408 e. The second-order valence-corrected chi connectivity index (χ2v) is 7.50. The molecule has 15 nitrogen and oxygen atoms in total. The lowest BCUT2D eigenvalue weighted by atomic mass is 10.5. The van der Waals surface area contributed by atoms with Crippen molar-refractivity contribution >= 4 is 18.3 Å². The first-order valence-corrected chi connectivity index (χ1v) is 10.1. The molecule has 0 saturated heterocycles. The highest BCUT2D eigenvalue weighted by molar-refractivity contribution is 5.67. The molecule has 1 heterocycles. The van der Waals surface area contributed by atoms with E-state index in [1.807, 2.05) is 0 Å². The highest BCUT2D eigenvalue weighted by Crippen LogP contribution is 1.90. The van der Waals surface area contributed by atoms with E-state index in [-0.39, 0.29) is 0 Å². The number of rotatable bonds is 9. The van der Waals surface area contributed by atoms with E-state index >= 15 is 0 Å². The number of alkyl carbamates (subject to hydrolysis) is 3. The van der Waals surface area contributed by atoms with Crippen molar-refractivity contribution in [3.8, 4) is 0 Å². The van der Waals surface area contributed by atoms with E-state index in [0.29, 0.717) is 13.7 Å². The number of hydrogen-bond donors (Lipinski definition) is 3. The lowest BCUT2D eigenvalue weighted by Crippen LogP contribution is -2.58. The van der Waals surface area contributed by atoms with Crippen LogP contribution in [0.15, 0.2) is 14.4 Å². The van der Waals surface area contributed by atoms with Crippen molar-refractivity contribution in [3.05, 3.63) is 31.5 Å². The van der Waals surface area contributed by atoms with Gasteiger partial charge in [-0.05, 0) is 41.5 Å². The van der Waals surface area contributed by atoms with Gasteiger partial charge in [-0.25, -0.2) is 42.5 Å². The van der Waals surface area contributed by atoms with Crippen LogP contribution >= 0.6 is 0 Å². The molecule has 0 saturated carbocycles. The van der Waals surface area contributed by atoms with Crippen molar-refractivity contribution in [2.75, 3.05) is 0 Å². The molecule has 0 aliphatic heterocycles. The molecule has 0 aliphatic rings. The van der Waals surface area contributed by atoms with Crippen molar-refractivity contribution in [2.24, 2.45) is 0 Å². The first-order valence-electron chi connectivity index (χ1n) is 10.1. The van der Waals surface area contributed by atoms with Gasteiger partial charge in [0.15, 0.2) is 0 Å². The molecule has 33 heavy (non-hydrogen) atoms. The third-order valence-corrected chi connectivity index (χ3v) is 3.56. The number of aromatic nitrogens is 3. The summed E-state index contributed by atoms with van der Waals surface area (Å²) in [5.74, 6) is 0. The van der Waals surface area contributed by atoms with E-state index in [2.05, 4.69) is 16.0 Å². The predicted molar refractivity (Wildman–Crippen MR) is 113 cm³/mol. The molecule has 3 amide bonds. The number of nitrogens with zero attached hydrogens (tertiary/aromatic N) is 3. The Labute approximate surface area is 188 Å². The summed E-state index contributed by atoms with van der Waals surface area (Å²) in [4.78, 5) is 73.4. The second-order valence-electron chi connectivity index (χ2n) is 7.50. The number of amides is 3. The Morgan fingerprint density at radius 3 is 0.970 bits per heavy atom. The van der Waals surface area contributed by atoms with Gasteiger partial charge in [0, 0.05) is 0 Å². The van der Waals surface area contributed by atoms with Crippen LogP contribution in [-0.4, -0.2) is 50.3 Å². The number of carbonyl (C=O) groups excluding carboxylic acids is 3. The van der Waals surface area contributed by atoms with Gasteiger partial charge in [0.2, 0.25) is 0 Å². The zero-order valence-electron chi connectivity index (χ0n) is 19.4. The number of carbonyl (C=O) groups is 3. The first-order chi connectivity index (χ1) is 15.3. The quantitative estimate of drug-likeness (QED) is 0.395. The van der Waals surface area contributed by atoms with Crippen LogP contribution in [0.1, 0.15) is 41.5 Å². The van der Waals surface area contributed by atoms with E-state index in [1.165, 1.54) is 0 Å². The topological polar surface area (TPSA) is 181 Å². The van der Waals surface area contributed by atoms with E-state index in [0.717, 1.165) is 0 Å². The third kappa shape index (κ3) is 8.70. The summed E-state index contributed by atoms with van der Waals surface area (Å²) in [5, 5.41) is 6.65. The summed E-state index contributed by atoms with van der Waals surface area (Å²) in [7, 11) is 0. The summed E-state index contributed by atoms with van der Waals surface area (Å²) >= 11 is 0. The van der Waals surface area contributed by atoms with Crippen molar-refractivity contribution in [1.82, 2.24) is 29.7 Å². The maximum Gasteiger partial charge on any atom is 0.408 e. The zero-order chi connectivity index (χ0) is 25.3. The average Bonchev–Trinajstić information content (AvgIpc) is 2.65. The fourth-order valence-electron chi connectivity index (χ4n) is 2.29. The molecule has 0 radical (unpaired) electrons. The molecule has 0 bridgehead atoms. The van der Waals surface area contributed by atoms with Gasteiger partial charge in [-0.2, -0.15) is 0 Å². The molecule has 1 rings (SSSR count). The Hall–Kier alpha value is -3.78. The van der Waals surface area contributed by atoms with Gasteiger partial charge in [-0.15, -0.1) is 0 Å². The van der Waals surface area contributed by atoms with Crippen LogP contribution in [0.3, 0.4) is 0 Å². The highest BCUT2D eigenvalue weighted by atomic mass is 16.6. The fourth-order valence-corrected chi connectivity index (χ4v) is 2.29. The lowest BCUT2D eigenvalue weighted by molar-refractivity contribution is 0.112. The molecular formula is C18H30N6O9. The van der Waals surface area contributed by atoms with Crippen molar-refractivity contribution in [1.29, 1.82) is 0 Å². The lowest BCUT2D eigenvalue weighted by Gasteiger charge is -2.16. The molecule has 15 heteroatoms. The van der Waals surface area contributed by atoms with Crippen LogP contribution in [-0.2, 0) is 34.2 Å². The summed E-state index contributed by atoms with van der Waals surface area (Å²) in [5.41, 5.74) is -3.37. The largest absolute Gasteiger partial charge is 0.447 e. The zero-order valence-corrected chi connectivity index (χ0v) is 19.4. The second kappa shape index (κ2) is 12.3. The molecule has 0 aromatic carbocycles. The van der Waals surface area contributed by atoms with E-state index < -0.39 is 73.7 Å². The number of nitrogens with one attached hydrogen (secondary N) is 3. The normalized spacial score (nSPS) is 10.8. The minimum atomic E-state index is -1.12. The molecule has 0 spiro atoms. The maximum atomic E-state index is 12.7. The van der Waals surface area contributed by atoms with Crippen LogP contribution < -0.4 is 33.0 Å². The van der Waals surface area contributed by atoms with Gasteiger partial charge in [-0.3, -0.25) is 0 Å². The summed E-state index contributed by atoms with van der Waals surface area (Å²) < 4.78 is 16.2. The maximum absolute atomic E-state index is 12.7. The number of hydrogen-bond acceptors (Lipinski definition) is 9. The Morgan fingerprint density at radius 1 is 0.576 bits per heavy atom. The monoisotopic (exact) mass is 474 g/mol. The molecule has 0 atom stereocenters. The van der Waals surface area contributed by atoms with Crippen molar-refractivity contribution < 1.29 is 28.6 Å². The number of ether oxygens (including phenoxy) is 3. The Kier molecular flexibility index (Phi) is 10.2. The molecule has 1 aromatic heterocycles. The summed E-state index contributed by atoms with van der Waals surface area (Å²) in [6.45, 7) is 7.67. The van der Waals surface area contributed by atoms with E-state index in [9.17, 15) is 28.8 Å². The van der Waals surface area contributed by atoms with Crippen LogP contribution in [0.2, 0.25) is 0 Å². The Morgan fingerprint density at radius 2 is 0.788 bits per heavy atom. The van der Waals surface area contributed by atoms with Crippen LogP contribution in [0.25, 0.3) is 0 Å². The van der Waals surface area contributed by atoms with Gasteiger partial charge in [0.1, 0.15) is 20.0 Å². The molecule has 0 aliphatic carbocycles. The molecule has 3 N–H and O–H groups in total. The molecular weight excluding hydrogens is 444 g/mol. The molecule has 1 aromatic rings. The van der Waals surface area contributed by atoms with Gasteiger partial charge < -0.3 is 30.2 Å². The van der Waals surface area contributed by atoms with E-state index in [4.69, 9.17) is 14.2 Å². The van der Waals surface area contributed by atoms with Gasteiger partial charge in [-0.1, -0.05) is 0 Å². The highest BCUT2D eigenvalue weighted by Gasteiger charge is 2.18.